The molecule has 0 heteroatoms. The van der Waals surface area contributed by atoms with Gasteiger partial charge in [-0.3, -0.25) is 0 Å². The first-order chi connectivity index (χ1) is 11.6. The van der Waals surface area contributed by atoms with Crippen LogP contribution >= 0.6 is 0 Å². The van der Waals surface area contributed by atoms with Gasteiger partial charge in [0, 0.05) is 11.1 Å². The maximum absolute atomic E-state index is 3.34. The van der Waals surface area contributed by atoms with E-state index in [1.165, 1.54) is 34.7 Å². The zero-order valence-electron chi connectivity index (χ0n) is 14.6. The lowest BCUT2D eigenvalue weighted by Gasteiger charge is -2.09. The van der Waals surface area contributed by atoms with Crippen molar-refractivity contribution in [3.63, 3.8) is 0 Å². The van der Waals surface area contributed by atoms with Crippen LogP contribution in [0.5, 0.6) is 0 Å². The van der Waals surface area contributed by atoms with Gasteiger partial charge in [0.15, 0.2) is 0 Å². The van der Waals surface area contributed by atoms with Crippen molar-refractivity contribution in [3.8, 4) is 11.8 Å². The number of benzene rings is 3. The van der Waals surface area contributed by atoms with Gasteiger partial charge in [-0.1, -0.05) is 48.6 Å². The Balaban J connectivity index is 1.78. The Labute approximate surface area is 144 Å². The summed E-state index contributed by atoms with van der Waals surface area (Å²) in [5.74, 6) is 7.39. The van der Waals surface area contributed by atoms with Gasteiger partial charge in [-0.05, 0) is 84.3 Å². The average Bonchev–Trinajstić information content (AvgIpc) is 2.97. The molecule has 0 amide bonds. The number of hydrogen-bond donors (Lipinski definition) is 0. The van der Waals surface area contributed by atoms with Gasteiger partial charge in [-0.15, -0.1) is 0 Å². The first kappa shape index (κ1) is 15.0. The Morgan fingerprint density at radius 3 is 2.25 bits per heavy atom. The lowest BCUT2D eigenvalue weighted by molar-refractivity contribution is 0.628. The summed E-state index contributed by atoms with van der Waals surface area (Å²) in [4.78, 5) is 0. The summed E-state index contributed by atoms with van der Waals surface area (Å²) in [5, 5.41) is 2.75. The largest absolute Gasteiger partial charge is 0.0619 e. The third-order valence-corrected chi connectivity index (χ3v) is 5.10. The van der Waals surface area contributed by atoms with Crippen LogP contribution in [0.2, 0.25) is 0 Å². The molecule has 4 rings (SSSR count). The van der Waals surface area contributed by atoms with Gasteiger partial charge in [0.1, 0.15) is 0 Å². The Morgan fingerprint density at radius 2 is 1.46 bits per heavy atom. The van der Waals surface area contributed by atoms with Crippen LogP contribution in [0.3, 0.4) is 0 Å². The van der Waals surface area contributed by atoms with Gasteiger partial charge in [-0.25, -0.2) is 0 Å². The molecule has 1 unspecified atom stereocenters. The van der Waals surface area contributed by atoms with E-state index in [2.05, 4.69) is 81.1 Å². The van der Waals surface area contributed by atoms with Crippen LogP contribution in [0.4, 0.5) is 0 Å². The molecule has 0 fully saturated rings. The van der Waals surface area contributed by atoms with Crippen molar-refractivity contribution < 1.29 is 0 Å². The smallest absolute Gasteiger partial charge is 0.0255 e. The van der Waals surface area contributed by atoms with Crippen molar-refractivity contribution in [2.24, 2.45) is 5.92 Å². The molecule has 3 aromatic carbocycles. The van der Waals surface area contributed by atoms with Crippen LogP contribution in [0.25, 0.3) is 10.8 Å². The topological polar surface area (TPSA) is 0 Å². The molecular formula is C24H22. The monoisotopic (exact) mass is 310 g/mol. The van der Waals surface area contributed by atoms with Gasteiger partial charge in [0.25, 0.3) is 0 Å². The van der Waals surface area contributed by atoms with Gasteiger partial charge < -0.3 is 0 Å². The minimum atomic E-state index is 0.756. The van der Waals surface area contributed by atoms with Crippen LogP contribution in [0, 0.1) is 31.6 Å². The zero-order chi connectivity index (χ0) is 16.7. The normalized spacial score (nSPS) is 15.9. The van der Waals surface area contributed by atoms with Crippen LogP contribution in [0.15, 0.2) is 48.5 Å². The molecule has 0 aromatic heterocycles. The van der Waals surface area contributed by atoms with E-state index in [0.29, 0.717) is 0 Å². The van der Waals surface area contributed by atoms with E-state index in [9.17, 15) is 0 Å². The standard InChI is InChI=1S/C24H22/c1-16-4-6-19(7-5-16)8-9-20-10-11-21-14-18(3)22-12-17(2)13-24(22)23(21)15-20/h4-7,10-11,14-15,17H,12-13H2,1-3H3. The molecule has 0 radical (unpaired) electrons. The van der Waals surface area contributed by atoms with E-state index < -0.39 is 0 Å². The van der Waals surface area contributed by atoms with E-state index in [4.69, 9.17) is 0 Å². The highest BCUT2D eigenvalue weighted by Crippen LogP contribution is 2.35. The number of fused-ring (bicyclic) bond motifs is 3. The van der Waals surface area contributed by atoms with Gasteiger partial charge >= 0.3 is 0 Å². The summed E-state index contributed by atoms with van der Waals surface area (Å²) < 4.78 is 0. The fourth-order valence-electron chi connectivity index (χ4n) is 3.81. The number of hydrogen-bond acceptors (Lipinski definition) is 0. The molecule has 3 aromatic rings. The molecule has 0 spiro atoms. The minimum Gasteiger partial charge on any atom is -0.0619 e. The molecule has 0 heterocycles. The second-order valence-corrected chi connectivity index (χ2v) is 7.22. The molecule has 0 saturated heterocycles. The van der Waals surface area contributed by atoms with Crippen LogP contribution in [-0.4, -0.2) is 0 Å². The summed E-state index contributed by atoms with van der Waals surface area (Å²) in [7, 11) is 0. The van der Waals surface area contributed by atoms with Crippen LogP contribution in [0.1, 0.15) is 40.3 Å². The third-order valence-electron chi connectivity index (χ3n) is 5.10. The Hall–Kier alpha value is -2.52. The van der Waals surface area contributed by atoms with Gasteiger partial charge in [0.2, 0.25) is 0 Å². The summed E-state index contributed by atoms with van der Waals surface area (Å²) >= 11 is 0. The maximum atomic E-state index is 3.34. The molecule has 118 valence electrons. The van der Waals surface area contributed by atoms with Crippen LogP contribution < -0.4 is 0 Å². The summed E-state index contributed by atoms with van der Waals surface area (Å²) in [6.45, 7) is 6.71. The Kier molecular flexibility index (Phi) is 3.66. The Morgan fingerprint density at radius 1 is 0.792 bits per heavy atom. The lowest BCUT2D eigenvalue weighted by Crippen LogP contribution is -1.90. The molecule has 0 aliphatic heterocycles. The highest BCUT2D eigenvalue weighted by atomic mass is 14.3. The zero-order valence-corrected chi connectivity index (χ0v) is 14.6. The Bertz CT molecular complexity index is 978. The van der Waals surface area contributed by atoms with Crippen LogP contribution in [-0.2, 0) is 12.8 Å². The van der Waals surface area contributed by atoms with Crippen molar-refractivity contribution in [2.75, 3.05) is 0 Å². The van der Waals surface area contributed by atoms with Crippen molar-refractivity contribution in [2.45, 2.75) is 33.6 Å². The van der Waals surface area contributed by atoms with E-state index in [0.717, 1.165) is 17.0 Å². The molecule has 1 aliphatic rings. The van der Waals surface area contributed by atoms with Crippen molar-refractivity contribution in [1.82, 2.24) is 0 Å². The molecule has 0 nitrogen and oxygen atoms in total. The first-order valence-corrected chi connectivity index (χ1v) is 8.74. The van der Waals surface area contributed by atoms with E-state index in [1.807, 2.05) is 0 Å². The lowest BCUT2D eigenvalue weighted by atomic mass is 9.95. The third kappa shape index (κ3) is 2.72. The van der Waals surface area contributed by atoms with E-state index in [-0.39, 0.29) is 0 Å². The minimum absolute atomic E-state index is 0.756. The summed E-state index contributed by atoms with van der Waals surface area (Å²) in [5.41, 5.74) is 8.01. The maximum Gasteiger partial charge on any atom is 0.0255 e. The van der Waals surface area contributed by atoms with Crippen molar-refractivity contribution in [3.05, 3.63) is 81.9 Å². The molecule has 0 bridgehead atoms. The quantitative estimate of drug-likeness (QED) is 0.475. The average molecular weight is 310 g/mol. The second-order valence-electron chi connectivity index (χ2n) is 7.22. The van der Waals surface area contributed by atoms with E-state index in [1.54, 1.807) is 11.1 Å². The summed E-state index contributed by atoms with van der Waals surface area (Å²) in [6, 6.07) is 17.4. The van der Waals surface area contributed by atoms with E-state index >= 15 is 0 Å². The molecule has 1 aliphatic carbocycles. The van der Waals surface area contributed by atoms with Crippen molar-refractivity contribution in [1.29, 1.82) is 0 Å². The SMILES string of the molecule is Cc1ccc(C#Cc2ccc3cc(C)c4c(c3c2)CC(C)C4)cc1. The predicted molar refractivity (Wildman–Crippen MR) is 102 cm³/mol. The molecule has 0 saturated carbocycles. The van der Waals surface area contributed by atoms with Gasteiger partial charge in [0.05, 0.1) is 0 Å². The first-order valence-electron chi connectivity index (χ1n) is 8.74. The number of rotatable bonds is 0. The highest BCUT2D eigenvalue weighted by Gasteiger charge is 2.21. The fourth-order valence-corrected chi connectivity index (χ4v) is 3.81. The van der Waals surface area contributed by atoms with Gasteiger partial charge in [-0.2, -0.15) is 0 Å². The predicted octanol–water partition coefficient (Wildman–Crippen LogP) is 5.59. The molecule has 0 N–H and O–H groups in total. The molecule has 1 atom stereocenters. The molecular weight excluding hydrogens is 288 g/mol. The number of aryl methyl sites for hydroxylation is 2. The fraction of sp³-hybridized carbons (Fsp3) is 0.250. The highest BCUT2D eigenvalue weighted by molar-refractivity contribution is 5.89. The summed E-state index contributed by atoms with van der Waals surface area (Å²) in [6.07, 6.45) is 2.42. The van der Waals surface area contributed by atoms with Crippen molar-refractivity contribution >= 4 is 10.8 Å². The second kappa shape index (κ2) is 5.84. The molecule has 24 heavy (non-hydrogen) atoms.